The fourth-order valence-corrected chi connectivity index (χ4v) is 2.37. The van der Waals surface area contributed by atoms with Crippen LogP contribution in [-0.4, -0.2) is 57.2 Å². The first kappa shape index (κ1) is 22.1. The normalized spacial score (nSPS) is 10.9. The average Bonchev–Trinajstić information content (AvgIpc) is 2.74. The Morgan fingerprint density at radius 1 is 1.00 bits per heavy atom. The predicted octanol–water partition coefficient (Wildman–Crippen LogP) is 2.29. The van der Waals surface area contributed by atoms with Crippen molar-refractivity contribution in [3.8, 4) is 11.5 Å². The van der Waals surface area contributed by atoms with E-state index in [0.717, 1.165) is 23.8 Å². The van der Waals surface area contributed by atoms with E-state index in [0.29, 0.717) is 25.4 Å². The van der Waals surface area contributed by atoms with Gasteiger partial charge in [-0.2, -0.15) is 0 Å². The Bertz CT molecular complexity index is 779. The highest BCUT2D eigenvalue weighted by molar-refractivity contribution is 5.79. The fourth-order valence-electron chi connectivity index (χ4n) is 2.37. The highest BCUT2D eigenvalue weighted by atomic mass is 16.5. The van der Waals surface area contributed by atoms with Crippen molar-refractivity contribution in [3.05, 3.63) is 60.2 Å². The van der Waals surface area contributed by atoms with Gasteiger partial charge in [0.15, 0.2) is 12.6 Å². The smallest absolute Gasteiger partial charge is 0.259 e. The maximum absolute atomic E-state index is 11.7. The van der Waals surface area contributed by atoms with E-state index in [4.69, 9.17) is 9.47 Å². The number of aliphatic imine (C=N–C) groups is 1. The highest BCUT2D eigenvalue weighted by Crippen LogP contribution is 2.14. The van der Waals surface area contributed by atoms with Gasteiger partial charge in [-0.1, -0.05) is 30.3 Å². The molecule has 0 unspecified atom stereocenters. The van der Waals surface area contributed by atoms with E-state index in [1.54, 1.807) is 14.1 Å². The molecule has 29 heavy (non-hydrogen) atoms. The average molecular weight is 399 g/mol. The summed E-state index contributed by atoms with van der Waals surface area (Å²) in [5, 5.41) is 6.48. The van der Waals surface area contributed by atoms with Gasteiger partial charge in [0, 0.05) is 20.6 Å². The molecule has 7 heteroatoms. The molecule has 0 heterocycles. The van der Waals surface area contributed by atoms with Gasteiger partial charge >= 0.3 is 0 Å². The van der Waals surface area contributed by atoms with Gasteiger partial charge in [0.1, 0.15) is 18.1 Å². The lowest BCUT2D eigenvalue weighted by molar-refractivity contribution is -0.130. The molecule has 2 N–H and O–H groups in total. The van der Waals surface area contributed by atoms with Crippen LogP contribution in [-0.2, 0) is 11.3 Å². The van der Waals surface area contributed by atoms with E-state index in [9.17, 15) is 4.79 Å². The number of hydrogen-bond donors (Lipinski definition) is 2. The number of benzene rings is 2. The van der Waals surface area contributed by atoms with Gasteiger partial charge in [-0.05, 0) is 36.8 Å². The molecule has 7 nitrogen and oxygen atoms in total. The summed E-state index contributed by atoms with van der Waals surface area (Å²) in [7, 11) is 3.41. The summed E-state index contributed by atoms with van der Waals surface area (Å²) in [6.07, 6.45) is 0. The number of likely N-dealkylation sites (N-methyl/N-ethyl adjacent to an activating group) is 1. The molecule has 0 spiro atoms. The predicted molar refractivity (Wildman–Crippen MR) is 115 cm³/mol. The maximum atomic E-state index is 11.7. The molecule has 0 fully saturated rings. The van der Waals surface area contributed by atoms with Crippen LogP contribution in [0.2, 0.25) is 0 Å². The third kappa shape index (κ3) is 8.55. The lowest BCUT2D eigenvalue weighted by atomic mass is 10.2. The third-order valence-electron chi connectivity index (χ3n) is 3.93. The van der Waals surface area contributed by atoms with Gasteiger partial charge in [-0.25, -0.2) is 4.99 Å². The monoisotopic (exact) mass is 398 g/mol. The molecule has 0 aliphatic heterocycles. The van der Waals surface area contributed by atoms with E-state index >= 15 is 0 Å². The first-order chi connectivity index (χ1) is 14.1. The number of nitrogens with zero attached hydrogens (tertiary/aromatic N) is 2. The van der Waals surface area contributed by atoms with E-state index in [1.807, 2.05) is 61.5 Å². The van der Waals surface area contributed by atoms with E-state index in [-0.39, 0.29) is 12.5 Å². The van der Waals surface area contributed by atoms with Crippen LogP contribution in [0.4, 0.5) is 0 Å². The Balaban J connectivity index is 1.83. The van der Waals surface area contributed by atoms with Gasteiger partial charge in [-0.15, -0.1) is 0 Å². The second-order valence-electron chi connectivity index (χ2n) is 6.51. The molecule has 0 saturated carbocycles. The number of carbonyl (C=O) groups excluding carboxylic acids is 1. The van der Waals surface area contributed by atoms with Crippen molar-refractivity contribution >= 4 is 11.9 Å². The number of hydrogen-bond acceptors (Lipinski definition) is 4. The Labute approximate surface area is 172 Å². The highest BCUT2D eigenvalue weighted by Gasteiger charge is 2.05. The molecule has 156 valence electrons. The van der Waals surface area contributed by atoms with E-state index in [2.05, 4.69) is 15.6 Å². The summed E-state index contributed by atoms with van der Waals surface area (Å²) in [6.45, 7) is 4.47. The molecule has 0 aromatic heterocycles. The second kappa shape index (κ2) is 12.3. The van der Waals surface area contributed by atoms with Gasteiger partial charge < -0.3 is 25.0 Å². The zero-order chi connectivity index (χ0) is 20.9. The Hall–Kier alpha value is -3.22. The van der Waals surface area contributed by atoms with E-state index in [1.165, 1.54) is 4.90 Å². The van der Waals surface area contributed by atoms with Gasteiger partial charge in [0.05, 0.1) is 13.1 Å². The number of ether oxygens (including phenoxy) is 2. The Morgan fingerprint density at radius 3 is 2.48 bits per heavy atom. The van der Waals surface area contributed by atoms with Crippen LogP contribution in [0.25, 0.3) is 0 Å². The fraction of sp³-hybridized carbons (Fsp3) is 0.364. The Morgan fingerprint density at radius 2 is 1.76 bits per heavy atom. The standard InChI is InChI=1S/C22H30N4O3/c1-4-23-22(24-13-14-28-19-10-6-5-7-11-19)25-16-18-9-8-12-20(15-18)29-17-21(27)26(2)3/h5-12,15H,4,13-14,16-17H2,1-3H3,(H2,23,24,25). The lowest BCUT2D eigenvalue weighted by Gasteiger charge is -2.13. The molecule has 1 amide bonds. The molecule has 0 aliphatic rings. The van der Waals surface area contributed by atoms with Crippen LogP contribution < -0.4 is 20.1 Å². The number of amides is 1. The molecular formula is C22H30N4O3. The molecule has 0 radical (unpaired) electrons. The molecule has 0 aliphatic carbocycles. The third-order valence-corrected chi connectivity index (χ3v) is 3.93. The van der Waals surface area contributed by atoms with Crippen LogP contribution in [0.1, 0.15) is 12.5 Å². The van der Waals surface area contributed by atoms with Crippen molar-refractivity contribution in [2.75, 3.05) is 40.4 Å². The Kier molecular flexibility index (Phi) is 9.35. The number of rotatable bonds is 10. The summed E-state index contributed by atoms with van der Waals surface area (Å²) in [6, 6.07) is 17.3. The summed E-state index contributed by atoms with van der Waals surface area (Å²) >= 11 is 0. The van der Waals surface area contributed by atoms with Crippen molar-refractivity contribution in [1.82, 2.24) is 15.5 Å². The summed E-state index contributed by atoms with van der Waals surface area (Å²) < 4.78 is 11.2. The maximum Gasteiger partial charge on any atom is 0.259 e. The zero-order valence-electron chi connectivity index (χ0n) is 17.4. The summed E-state index contributed by atoms with van der Waals surface area (Å²) in [5.41, 5.74) is 0.998. The molecule has 2 aromatic rings. The lowest BCUT2D eigenvalue weighted by Crippen LogP contribution is -2.39. The molecule has 0 bridgehead atoms. The van der Waals surface area contributed by atoms with Crippen molar-refractivity contribution in [3.63, 3.8) is 0 Å². The van der Waals surface area contributed by atoms with Gasteiger partial charge in [-0.3, -0.25) is 4.79 Å². The molecule has 0 saturated heterocycles. The molecule has 2 aromatic carbocycles. The number of nitrogens with one attached hydrogen (secondary N) is 2. The largest absolute Gasteiger partial charge is 0.492 e. The van der Waals surface area contributed by atoms with Crippen LogP contribution in [0.15, 0.2) is 59.6 Å². The van der Waals surface area contributed by atoms with Crippen molar-refractivity contribution in [2.45, 2.75) is 13.5 Å². The molecular weight excluding hydrogens is 368 g/mol. The first-order valence-electron chi connectivity index (χ1n) is 9.70. The van der Waals surface area contributed by atoms with Gasteiger partial charge in [0.2, 0.25) is 0 Å². The summed E-state index contributed by atoms with van der Waals surface area (Å²) in [5.74, 6) is 2.14. The first-order valence-corrected chi connectivity index (χ1v) is 9.70. The minimum Gasteiger partial charge on any atom is -0.492 e. The summed E-state index contributed by atoms with van der Waals surface area (Å²) in [4.78, 5) is 17.8. The SMILES string of the molecule is CCNC(=NCc1cccc(OCC(=O)N(C)C)c1)NCCOc1ccccc1. The van der Waals surface area contributed by atoms with Crippen molar-refractivity contribution in [1.29, 1.82) is 0 Å². The quantitative estimate of drug-likeness (QED) is 0.365. The second-order valence-corrected chi connectivity index (χ2v) is 6.51. The zero-order valence-corrected chi connectivity index (χ0v) is 17.4. The number of carbonyl (C=O) groups is 1. The number of para-hydroxylation sites is 1. The van der Waals surface area contributed by atoms with Crippen molar-refractivity contribution < 1.29 is 14.3 Å². The minimum atomic E-state index is -0.0789. The van der Waals surface area contributed by atoms with Crippen LogP contribution >= 0.6 is 0 Å². The van der Waals surface area contributed by atoms with Crippen molar-refractivity contribution in [2.24, 2.45) is 4.99 Å². The van der Waals surface area contributed by atoms with Gasteiger partial charge in [0.25, 0.3) is 5.91 Å². The number of guanidine groups is 1. The topological polar surface area (TPSA) is 75.2 Å². The molecule has 0 atom stereocenters. The van der Waals surface area contributed by atoms with Crippen LogP contribution in [0.3, 0.4) is 0 Å². The van der Waals surface area contributed by atoms with Crippen LogP contribution in [0.5, 0.6) is 11.5 Å². The van der Waals surface area contributed by atoms with Crippen LogP contribution in [0, 0.1) is 0 Å². The minimum absolute atomic E-state index is 0.0192. The van der Waals surface area contributed by atoms with E-state index < -0.39 is 0 Å². The molecule has 2 rings (SSSR count).